The van der Waals surface area contributed by atoms with E-state index in [1.807, 2.05) is 0 Å². The fraction of sp³-hybridized carbons (Fsp3) is 0.250. The fourth-order valence-corrected chi connectivity index (χ4v) is 1.95. The van der Waals surface area contributed by atoms with Gasteiger partial charge in [0.1, 0.15) is 10.9 Å². The predicted octanol–water partition coefficient (Wildman–Crippen LogP) is 4.48. The van der Waals surface area contributed by atoms with Crippen LogP contribution < -0.4 is 0 Å². The number of aliphatic hydroxyl groups is 1. The van der Waals surface area contributed by atoms with Gasteiger partial charge in [0, 0.05) is 10.6 Å². The van der Waals surface area contributed by atoms with Crippen LogP contribution >= 0.6 is 58.0 Å². The summed E-state index contributed by atoms with van der Waals surface area (Å²) >= 11 is 28.4. The second kappa shape index (κ2) is 5.11. The van der Waals surface area contributed by atoms with E-state index in [0.29, 0.717) is 5.02 Å². The lowest BCUT2D eigenvalue weighted by Crippen LogP contribution is -2.07. The fourth-order valence-electron chi connectivity index (χ4n) is 0.940. The zero-order chi connectivity index (χ0) is 10.9. The van der Waals surface area contributed by atoms with Gasteiger partial charge in [-0.3, -0.25) is 0 Å². The van der Waals surface area contributed by atoms with Gasteiger partial charge < -0.3 is 5.11 Å². The van der Waals surface area contributed by atoms with E-state index in [0.717, 1.165) is 0 Å². The molecule has 0 saturated heterocycles. The van der Waals surface area contributed by atoms with E-state index < -0.39 is 10.9 Å². The summed E-state index contributed by atoms with van der Waals surface area (Å²) in [5.74, 6) is 0. The second-order valence-corrected chi connectivity index (χ2v) is 4.89. The summed E-state index contributed by atoms with van der Waals surface area (Å²) in [6.07, 6.45) is -1.16. The maximum Gasteiger partial charge on any atom is 0.137 e. The molecule has 0 saturated carbocycles. The van der Waals surface area contributed by atoms with Crippen LogP contribution in [0.25, 0.3) is 0 Å². The van der Waals surface area contributed by atoms with Crippen molar-refractivity contribution >= 4 is 58.0 Å². The van der Waals surface area contributed by atoms with Gasteiger partial charge in [0.15, 0.2) is 0 Å². The van der Waals surface area contributed by atoms with Gasteiger partial charge in [0.05, 0.1) is 10.0 Å². The van der Waals surface area contributed by atoms with Crippen molar-refractivity contribution in [3.05, 3.63) is 32.8 Å². The molecule has 1 N–H and O–H groups in total. The Balaban J connectivity index is 3.25. The predicted molar refractivity (Wildman–Crippen MR) is 61.9 cm³/mol. The number of hydrogen-bond acceptors (Lipinski definition) is 1. The van der Waals surface area contributed by atoms with E-state index in [-0.39, 0.29) is 15.6 Å². The highest BCUT2D eigenvalue weighted by atomic mass is 35.5. The summed E-state index contributed by atoms with van der Waals surface area (Å²) < 4.78 is 0. The molecule has 0 heterocycles. The molecule has 1 aromatic rings. The van der Waals surface area contributed by atoms with E-state index >= 15 is 0 Å². The quantitative estimate of drug-likeness (QED) is 0.629. The Kier molecular flexibility index (Phi) is 4.63. The number of alkyl halides is 2. The standard InChI is InChI=1S/C8H5Cl5O/c9-3-1-2-4(10)6(11)5(3)7(14)8(12)13/h1-2,7-8,14H. The molecule has 1 atom stereocenters. The molecule has 0 aliphatic heterocycles. The zero-order valence-electron chi connectivity index (χ0n) is 6.65. The Labute approximate surface area is 106 Å². The molecule has 1 rings (SSSR count). The maximum atomic E-state index is 9.59. The van der Waals surface area contributed by atoms with E-state index in [1.165, 1.54) is 12.1 Å². The molecule has 0 aromatic heterocycles. The van der Waals surface area contributed by atoms with Gasteiger partial charge in [-0.25, -0.2) is 0 Å². The molecule has 0 amide bonds. The highest BCUT2D eigenvalue weighted by molar-refractivity contribution is 6.46. The van der Waals surface area contributed by atoms with Crippen molar-refractivity contribution in [2.45, 2.75) is 10.9 Å². The van der Waals surface area contributed by atoms with Crippen molar-refractivity contribution in [3.8, 4) is 0 Å². The van der Waals surface area contributed by atoms with Crippen LogP contribution in [0.5, 0.6) is 0 Å². The monoisotopic (exact) mass is 292 g/mol. The molecule has 1 unspecified atom stereocenters. The lowest BCUT2D eigenvalue weighted by atomic mass is 10.1. The molecule has 78 valence electrons. The third-order valence-corrected chi connectivity index (χ3v) is 3.24. The first-order valence-electron chi connectivity index (χ1n) is 3.54. The average Bonchev–Trinajstić information content (AvgIpc) is 2.12. The lowest BCUT2D eigenvalue weighted by Gasteiger charge is -2.15. The molecule has 0 aliphatic rings. The van der Waals surface area contributed by atoms with Gasteiger partial charge in [-0.15, -0.1) is 23.2 Å². The SMILES string of the molecule is OC(c1c(Cl)ccc(Cl)c1Cl)C(Cl)Cl. The van der Waals surface area contributed by atoms with Gasteiger partial charge >= 0.3 is 0 Å². The Morgan fingerprint density at radius 3 is 2.00 bits per heavy atom. The first-order valence-corrected chi connectivity index (χ1v) is 5.55. The molecular formula is C8H5Cl5O. The van der Waals surface area contributed by atoms with Gasteiger partial charge in [-0.1, -0.05) is 34.8 Å². The Morgan fingerprint density at radius 2 is 1.50 bits per heavy atom. The summed E-state index contributed by atoms with van der Waals surface area (Å²) in [7, 11) is 0. The van der Waals surface area contributed by atoms with Crippen LogP contribution in [0, 0.1) is 0 Å². The molecule has 0 spiro atoms. The van der Waals surface area contributed by atoms with Crippen molar-refractivity contribution < 1.29 is 5.11 Å². The second-order valence-electron chi connectivity index (χ2n) is 2.54. The van der Waals surface area contributed by atoms with E-state index in [4.69, 9.17) is 58.0 Å². The Bertz CT molecular complexity index is 339. The first-order chi connectivity index (χ1) is 6.45. The summed E-state index contributed by atoms with van der Waals surface area (Å²) in [5.41, 5.74) is 0.246. The zero-order valence-corrected chi connectivity index (χ0v) is 10.4. The highest BCUT2D eigenvalue weighted by Crippen LogP contribution is 2.38. The average molecular weight is 294 g/mol. The largest absolute Gasteiger partial charge is 0.385 e. The highest BCUT2D eigenvalue weighted by Gasteiger charge is 2.22. The summed E-state index contributed by atoms with van der Waals surface area (Å²) in [4.78, 5) is -1.01. The van der Waals surface area contributed by atoms with Crippen molar-refractivity contribution in [2.24, 2.45) is 0 Å². The normalized spacial score (nSPS) is 13.4. The molecule has 6 heteroatoms. The van der Waals surface area contributed by atoms with Crippen LogP contribution in [0.3, 0.4) is 0 Å². The minimum Gasteiger partial charge on any atom is -0.385 e. The molecule has 14 heavy (non-hydrogen) atoms. The summed E-state index contributed by atoms with van der Waals surface area (Å²) in [6.45, 7) is 0. The van der Waals surface area contributed by atoms with Crippen molar-refractivity contribution in [1.29, 1.82) is 0 Å². The molecule has 0 fully saturated rings. The number of hydrogen-bond donors (Lipinski definition) is 1. The molecule has 0 aliphatic carbocycles. The third kappa shape index (κ3) is 2.60. The lowest BCUT2D eigenvalue weighted by molar-refractivity contribution is 0.193. The number of rotatable bonds is 2. The smallest absolute Gasteiger partial charge is 0.137 e. The minimum absolute atomic E-state index is 0.165. The van der Waals surface area contributed by atoms with Crippen molar-refractivity contribution in [2.75, 3.05) is 0 Å². The molecular weight excluding hydrogens is 289 g/mol. The van der Waals surface area contributed by atoms with Crippen LogP contribution in [0.1, 0.15) is 11.7 Å². The van der Waals surface area contributed by atoms with Gasteiger partial charge in [-0.05, 0) is 12.1 Å². The van der Waals surface area contributed by atoms with Crippen molar-refractivity contribution in [1.82, 2.24) is 0 Å². The van der Waals surface area contributed by atoms with E-state index in [1.54, 1.807) is 0 Å². The van der Waals surface area contributed by atoms with Crippen LogP contribution in [0.2, 0.25) is 15.1 Å². The summed E-state index contributed by atoms with van der Waals surface area (Å²) in [6, 6.07) is 3.05. The number of halogens is 5. The van der Waals surface area contributed by atoms with E-state index in [9.17, 15) is 5.11 Å². The van der Waals surface area contributed by atoms with Gasteiger partial charge in [0.2, 0.25) is 0 Å². The topological polar surface area (TPSA) is 20.2 Å². The molecule has 1 nitrogen and oxygen atoms in total. The van der Waals surface area contributed by atoms with Gasteiger partial charge in [-0.2, -0.15) is 0 Å². The molecule has 0 radical (unpaired) electrons. The van der Waals surface area contributed by atoms with Crippen LogP contribution in [-0.2, 0) is 0 Å². The maximum absolute atomic E-state index is 9.59. The van der Waals surface area contributed by atoms with Crippen LogP contribution in [0.15, 0.2) is 12.1 Å². The Morgan fingerprint density at radius 1 is 1.00 bits per heavy atom. The number of aliphatic hydroxyl groups excluding tert-OH is 1. The van der Waals surface area contributed by atoms with Crippen LogP contribution in [0.4, 0.5) is 0 Å². The van der Waals surface area contributed by atoms with Crippen molar-refractivity contribution in [3.63, 3.8) is 0 Å². The third-order valence-electron chi connectivity index (χ3n) is 1.61. The molecule has 0 bridgehead atoms. The summed E-state index contributed by atoms with van der Waals surface area (Å²) in [5, 5.41) is 10.3. The molecule has 1 aromatic carbocycles. The Hall–Kier alpha value is 0.630. The van der Waals surface area contributed by atoms with Crippen LogP contribution in [-0.4, -0.2) is 9.94 Å². The minimum atomic E-state index is -1.16. The van der Waals surface area contributed by atoms with Gasteiger partial charge in [0.25, 0.3) is 0 Å². The van der Waals surface area contributed by atoms with E-state index in [2.05, 4.69) is 0 Å². The first kappa shape index (κ1) is 12.7. The number of benzene rings is 1.